The summed E-state index contributed by atoms with van der Waals surface area (Å²) in [5, 5.41) is 15.2. The van der Waals surface area contributed by atoms with Crippen LogP contribution >= 0.6 is 0 Å². The van der Waals surface area contributed by atoms with Crippen molar-refractivity contribution in [1.29, 1.82) is 0 Å². The monoisotopic (exact) mass is 252 g/mol. The maximum absolute atomic E-state index is 10.2. The maximum atomic E-state index is 10.2. The topological polar surface area (TPSA) is 76.0 Å². The summed E-state index contributed by atoms with van der Waals surface area (Å²) in [4.78, 5) is 10.2. The van der Waals surface area contributed by atoms with Gasteiger partial charge in [-0.15, -0.1) is 0 Å². The lowest BCUT2D eigenvalue weighted by molar-refractivity contribution is -0.145. The van der Waals surface area contributed by atoms with Crippen molar-refractivity contribution in [2.45, 2.75) is 47.1 Å². The molecule has 0 radical (unpaired) electrons. The third-order valence-corrected chi connectivity index (χ3v) is 1.45. The first-order valence-electron chi connectivity index (χ1n) is 5.96. The van der Waals surface area contributed by atoms with Gasteiger partial charge in [0.05, 0.1) is 19.3 Å². The fourth-order valence-corrected chi connectivity index (χ4v) is 0.571. The number of rotatable bonds is 5. The SMILES string of the molecule is CCC(C)OC(C)=O.CCOCC.OCCO. The molecule has 1 atom stereocenters. The molecule has 0 aliphatic rings. The average molecular weight is 252 g/mol. The molecule has 0 heterocycles. The molecule has 5 nitrogen and oxygen atoms in total. The van der Waals surface area contributed by atoms with Crippen molar-refractivity contribution in [2.24, 2.45) is 0 Å². The maximum Gasteiger partial charge on any atom is 0.302 e. The standard InChI is InChI=1S/C6H12O2.C4H10O.C2H6O2/c1-4-5(2)8-6(3)7;1-3-5-4-2;3-1-2-4/h5H,4H2,1-3H3;3-4H2,1-2H3;3-4H,1-2H2. The molecule has 2 N–H and O–H groups in total. The number of aliphatic hydroxyl groups excluding tert-OH is 2. The molecule has 17 heavy (non-hydrogen) atoms. The minimum Gasteiger partial charge on any atom is -0.463 e. The second-order valence-electron chi connectivity index (χ2n) is 3.06. The molecule has 0 rings (SSSR count). The molecule has 0 aromatic heterocycles. The summed E-state index contributed by atoms with van der Waals surface area (Å²) in [6.45, 7) is 10.7. The summed E-state index contributed by atoms with van der Waals surface area (Å²) in [5.74, 6) is -0.195. The highest BCUT2D eigenvalue weighted by Gasteiger charge is 1.99. The Morgan fingerprint density at radius 3 is 1.59 bits per heavy atom. The van der Waals surface area contributed by atoms with E-state index in [2.05, 4.69) is 0 Å². The predicted molar refractivity (Wildman–Crippen MR) is 67.9 cm³/mol. The van der Waals surface area contributed by atoms with Crippen LogP contribution in [0.1, 0.15) is 41.0 Å². The van der Waals surface area contributed by atoms with Gasteiger partial charge in [-0.25, -0.2) is 0 Å². The molecule has 0 bridgehead atoms. The summed E-state index contributed by atoms with van der Waals surface area (Å²) in [5.41, 5.74) is 0. The molecule has 0 saturated heterocycles. The van der Waals surface area contributed by atoms with E-state index in [-0.39, 0.29) is 25.3 Å². The van der Waals surface area contributed by atoms with Crippen molar-refractivity contribution in [3.8, 4) is 0 Å². The fourth-order valence-electron chi connectivity index (χ4n) is 0.571. The molecule has 0 aromatic carbocycles. The molecule has 1 unspecified atom stereocenters. The second kappa shape index (κ2) is 20.7. The highest BCUT2D eigenvalue weighted by Crippen LogP contribution is 1.94. The average Bonchev–Trinajstić information content (AvgIpc) is 2.30. The Bertz CT molecular complexity index is 135. The molecule has 0 aromatic rings. The summed E-state index contributed by atoms with van der Waals surface area (Å²) in [6.07, 6.45) is 0.965. The van der Waals surface area contributed by atoms with Crippen molar-refractivity contribution < 1.29 is 24.5 Å². The number of esters is 1. The van der Waals surface area contributed by atoms with Gasteiger partial charge in [0.2, 0.25) is 0 Å². The van der Waals surface area contributed by atoms with E-state index >= 15 is 0 Å². The Balaban J connectivity index is -0.000000188. The number of ether oxygens (including phenoxy) is 2. The zero-order valence-corrected chi connectivity index (χ0v) is 11.7. The van der Waals surface area contributed by atoms with Gasteiger partial charge in [0.15, 0.2) is 0 Å². The Morgan fingerprint density at radius 1 is 1.12 bits per heavy atom. The van der Waals surface area contributed by atoms with Crippen LogP contribution in [0, 0.1) is 0 Å². The molecule has 0 saturated carbocycles. The minimum absolute atomic E-state index is 0.0764. The van der Waals surface area contributed by atoms with Gasteiger partial charge in [0.25, 0.3) is 0 Å². The fraction of sp³-hybridized carbons (Fsp3) is 0.917. The molecule has 0 spiro atoms. The highest BCUT2D eigenvalue weighted by molar-refractivity contribution is 5.66. The van der Waals surface area contributed by atoms with Crippen molar-refractivity contribution in [2.75, 3.05) is 26.4 Å². The first-order chi connectivity index (χ1) is 7.99. The van der Waals surface area contributed by atoms with Crippen molar-refractivity contribution in [3.05, 3.63) is 0 Å². The highest BCUT2D eigenvalue weighted by atomic mass is 16.5. The summed E-state index contributed by atoms with van der Waals surface area (Å²) < 4.78 is 9.59. The van der Waals surface area contributed by atoms with Crippen molar-refractivity contribution in [3.63, 3.8) is 0 Å². The first kappa shape index (κ1) is 21.6. The predicted octanol–water partition coefficient (Wildman–Crippen LogP) is 1.36. The third kappa shape index (κ3) is 39.2. The number of carbonyl (C=O) groups is 1. The molecular weight excluding hydrogens is 224 g/mol. The lowest BCUT2D eigenvalue weighted by Gasteiger charge is -2.06. The van der Waals surface area contributed by atoms with Crippen LogP contribution in [0.15, 0.2) is 0 Å². The van der Waals surface area contributed by atoms with Gasteiger partial charge in [-0.2, -0.15) is 0 Å². The van der Waals surface area contributed by atoms with Gasteiger partial charge < -0.3 is 19.7 Å². The zero-order valence-electron chi connectivity index (χ0n) is 11.7. The van der Waals surface area contributed by atoms with E-state index in [1.165, 1.54) is 6.92 Å². The molecule has 106 valence electrons. The molecule has 0 fully saturated rings. The Morgan fingerprint density at radius 2 is 1.53 bits per heavy atom. The van der Waals surface area contributed by atoms with Crippen LogP contribution in [0.3, 0.4) is 0 Å². The van der Waals surface area contributed by atoms with Gasteiger partial charge in [-0.05, 0) is 27.2 Å². The van der Waals surface area contributed by atoms with E-state index in [0.29, 0.717) is 0 Å². The Labute approximate surface area is 105 Å². The van der Waals surface area contributed by atoms with Crippen LogP contribution in [0.25, 0.3) is 0 Å². The smallest absolute Gasteiger partial charge is 0.302 e. The minimum atomic E-state index is -0.195. The van der Waals surface area contributed by atoms with E-state index in [1.54, 1.807) is 0 Å². The molecule has 0 aliphatic heterocycles. The van der Waals surface area contributed by atoms with E-state index in [4.69, 9.17) is 19.7 Å². The van der Waals surface area contributed by atoms with Crippen LogP contribution < -0.4 is 0 Å². The quantitative estimate of drug-likeness (QED) is 0.723. The lowest BCUT2D eigenvalue weighted by Crippen LogP contribution is -2.09. The number of aliphatic hydroxyl groups is 2. The first-order valence-corrected chi connectivity index (χ1v) is 5.96. The Hall–Kier alpha value is -0.650. The molecule has 0 amide bonds. The zero-order chi connectivity index (χ0) is 14.1. The third-order valence-electron chi connectivity index (χ3n) is 1.45. The largest absolute Gasteiger partial charge is 0.463 e. The van der Waals surface area contributed by atoms with Crippen LogP contribution in [-0.4, -0.2) is 48.7 Å². The number of hydrogen-bond donors (Lipinski definition) is 2. The van der Waals surface area contributed by atoms with Gasteiger partial charge in [0, 0.05) is 20.1 Å². The molecular formula is C12H28O5. The van der Waals surface area contributed by atoms with E-state index in [1.807, 2.05) is 27.7 Å². The van der Waals surface area contributed by atoms with Crippen LogP contribution in [0.5, 0.6) is 0 Å². The van der Waals surface area contributed by atoms with Crippen molar-refractivity contribution in [1.82, 2.24) is 0 Å². The van der Waals surface area contributed by atoms with Gasteiger partial charge in [-0.1, -0.05) is 6.92 Å². The normalized spacial score (nSPS) is 10.3. The van der Waals surface area contributed by atoms with Crippen LogP contribution in [0.4, 0.5) is 0 Å². The lowest BCUT2D eigenvalue weighted by atomic mass is 10.3. The van der Waals surface area contributed by atoms with E-state index < -0.39 is 0 Å². The number of carbonyl (C=O) groups excluding carboxylic acids is 1. The van der Waals surface area contributed by atoms with Gasteiger partial charge >= 0.3 is 5.97 Å². The summed E-state index contributed by atoms with van der Waals surface area (Å²) in [7, 11) is 0. The van der Waals surface area contributed by atoms with Crippen LogP contribution in [0.2, 0.25) is 0 Å². The molecule has 0 aliphatic carbocycles. The summed E-state index contributed by atoms with van der Waals surface area (Å²) in [6, 6.07) is 0. The Kier molecular flexibility index (Phi) is 26.4. The van der Waals surface area contributed by atoms with Crippen molar-refractivity contribution >= 4 is 5.97 Å². The van der Waals surface area contributed by atoms with E-state index in [9.17, 15) is 4.79 Å². The summed E-state index contributed by atoms with van der Waals surface area (Å²) >= 11 is 0. The second-order valence-corrected chi connectivity index (χ2v) is 3.06. The number of hydrogen-bond acceptors (Lipinski definition) is 5. The molecule has 5 heteroatoms. The van der Waals surface area contributed by atoms with Crippen LogP contribution in [-0.2, 0) is 14.3 Å². The van der Waals surface area contributed by atoms with Gasteiger partial charge in [0.1, 0.15) is 0 Å². The van der Waals surface area contributed by atoms with Gasteiger partial charge in [-0.3, -0.25) is 4.79 Å². The van der Waals surface area contributed by atoms with E-state index in [0.717, 1.165) is 19.6 Å².